The molecule has 140 valence electrons. The van der Waals surface area contributed by atoms with Crippen molar-refractivity contribution in [2.45, 2.75) is 0 Å². The fourth-order valence-electron chi connectivity index (χ4n) is 2.74. The number of aryl methyl sites for hydroxylation is 1. The Morgan fingerprint density at radius 1 is 1.19 bits per heavy atom. The number of carbonyl (C=O) groups excluding carboxylic acids is 1. The van der Waals surface area contributed by atoms with Gasteiger partial charge in [0, 0.05) is 32.4 Å². The Morgan fingerprint density at radius 3 is 2.96 bits per heavy atom. The second-order valence-corrected chi connectivity index (χ2v) is 6.15. The number of likely N-dealkylation sites (N-methyl/N-ethyl adjacent to an activating group) is 1. The number of aromatic amines is 1. The molecule has 0 spiro atoms. The van der Waals surface area contributed by atoms with E-state index >= 15 is 0 Å². The highest BCUT2D eigenvalue weighted by Gasteiger charge is 2.19. The number of carbonyl (C=O) groups is 1. The minimum atomic E-state index is -0.168. The van der Waals surface area contributed by atoms with Gasteiger partial charge in [-0.05, 0) is 12.2 Å². The van der Waals surface area contributed by atoms with Crippen molar-refractivity contribution < 1.29 is 14.3 Å². The first-order valence-corrected chi connectivity index (χ1v) is 8.50. The molecular weight excluding hydrogens is 350 g/mol. The minimum absolute atomic E-state index is 0.168. The van der Waals surface area contributed by atoms with Gasteiger partial charge < -0.3 is 14.4 Å². The first kappa shape index (κ1) is 17.2. The van der Waals surface area contributed by atoms with Crippen molar-refractivity contribution in [3.05, 3.63) is 29.3 Å². The minimum Gasteiger partial charge on any atom is -0.461 e. The highest BCUT2D eigenvalue weighted by molar-refractivity contribution is 5.97. The molecule has 10 heteroatoms. The van der Waals surface area contributed by atoms with Crippen LogP contribution < -0.4 is 4.74 Å². The Morgan fingerprint density at radius 2 is 2.07 bits per heavy atom. The van der Waals surface area contributed by atoms with Gasteiger partial charge in [-0.3, -0.25) is 14.6 Å². The van der Waals surface area contributed by atoms with Gasteiger partial charge in [-0.1, -0.05) is 0 Å². The molecule has 0 saturated carbocycles. The average Bonchev–Trinajstić information content (AvgIpc) is 3.24. The van der Waals surface area contributed by atoms with Crippen LogP contribution in [0.4, 0.5) is 0 Å². The van der Waals surface area contributed by atoms with Gasteiger partial charge in [-0.2, -0.15) is 15.2 Å². The zero-order valence-electron chi connectivity index (χ0n) is 15.0. The van der Waals surface area contributed by atoms with Crippen molar-refractivity contribution in [2.75, 3.05) is 33.4 Å². The summed E-state index contributed by atoms with van der Waals surface area (Å²) < 4.78 is 12.7. The van der Waals surface area contributed by atoms with Crippen LogP contribution in [0.25, 0.3) is 23.2 Å². The molecule has 0 atom stereocenters. The van der Waals surface area contributed by atoms with E-state index in [9.17, 15) is 4.79 Å². The Balaban J connectivity index is 1.76. The van der Waals surface area contributed by atoms with Crippen LogP contribution in [0.1, 0.15) is 21.7 Å². The molecule has 4 heterocycles. The summed E-state index contributed by atoms with van der Waals surface area (Å²) in [5.41, 5.74) is 3.03. The lowest BCUT2D eigenvalue weighted by Gasteiger charge is -2.16. The SMILES string of the molecule is CN1CCOCCOc2ncc3[nH]nc(c3n2)/C=C/c2cn(C)nc2C1=O. The first-order valence-electron chi connectivity index (χ1n) is 8.50. The molecule has 0 aromatic carbocycles. The molecule has 4 rings (SSSR count). The second-order valence-electron chi connectivity index (χ2n) is 6.15. The number of hydrogen-bond acceptors (Lipinski definition) is 7. The fourth-order valence-corrected chi connectivity index (χ4v) is 2.74. The molecule has 2 bridgehead atoms. The monoisotopic (exact) mass is 369 g/mol. The summed E-state index contributed by atoms with van der Waals surface area (Å²) in [5.74, 6) is -0.168. The average molecular weight is 369 g/mol. The van der Waals surface area contributed by atoms with E-state index in [1.54, 1.807) is 48.2 Å². The Bertz CT molecular complexity index is 1010. The summed E-state index contributed by atoms with van der Waals surface area (Å²) in [4.78, 5) is 22.9. The molecule has 3 aromatic rings. The van der Waals surface area contributed by atoms with Crippen molar-refractivity contribution in [1.29, 1.82) is 0 Å². The van der Waals surface area contributed by atoms with Crippen molar-refractivity contribution in [1.82, 2.24) is 34.8 Å². The molecular formula is C17H19N7O3. The molecule has 27 heavy (non-hydrogen) atoms. The number of amides is 1. The molecule has 0 aliphatic carbocycles. The van der Waals surface area contributed by atoms with Gasteiger partial charge in [0.15, 0.2) is 5.69 Å². The number of rotatable bonds is 0. The van der Waals surface area contributed by atoms with Crippen LogP contribution in [0.2, 0.25) is 0 Å². The normalized spacial score (nSPS) is 17.1. The quantitative estimate of drug-likeness (QED) is 0.622. The number of nitrogens with one attached hydrogen (secondary N) is 1. The molecule has 1 N–H and O–H groups in total. The predicted octanol–water partition coefficient (Wildman–Crippen LogP) is 0.738. The Hall–Kier alpha value is -3.27. The molecule has 1 aliphatic heterocycles. The van der Waals surface area contributed by atoms with E-state index in [2.05, 4.69) is 25.3 Å². The van der Waals surface area contributed by atoms with E-state index in [0.29, 0.717) is 54.4 Å². The summed E-state index contributed by atoms with van der Waals surface area (Å²) in [6, 6.07) is 0.267. The molecule has 0 fully saturated rings. The van der Waals surface area contributed by atoms with Crippen molar-refractivity contribution in [3.63, 3.8) is 0 Å². The zero-order chi connectivity index (χ0) is 18.8. The summed E-state index contributed by atoms with van der Waals surface area (Å²) in [7, 11) is 3.50. The van der Waals surface area contributed by atoms with Gasteiger partial charge in [0.25, 0.3) is 5.91 Å². The summed E-state index contributed by atoms with van der Waals surface area (Å²) in [5, 5.41) is 11.5. The number of nitrogens with zero attached hydrogens (tertiary/aromatic N) is 6. The third-order valence-electron chi connectivity index (χ3n) is 4.16. The number of hydrogen-bond donors (Lipinski definition) is 1. The van der Waals surface area contributed by atoms with E-state index in [0.717, 1.165) is 0 Å². The van der Waals surface area contributed by atoms with Crippen LogP contribution >= 0.6 is 0 Å². The fraction of sp³-hybridized carbons (Fsp3) is 0.353. The zero-order valence-corrected chi connectivity index (χ0v) is 15.0. The van der Waals surface area contributed by atoms with Crippen LogP contribution in [-0.4, -0.2) is 74.2 Å². The summed E-state index contributed by atoms with van der Waals surface area (Å²) in [6.45, 7) is 1.53. The molecule has 1 aliphatic rings. The number of ether oxygens (including phenoxy) is 2. The van der Waals surface area contributed by atoms with E-state index in [4.69, 9.17) is 9.47 Å². The standard InChI is InChI=1S/C17H19N7O3/c1-23-5-6-26-7-8-27-17-18-9-13-15(19-17)12(20-21-13)4-3-11-10-24(2)22-14(11)16(23)25/h3-4,9-10H,5-8H2,1-2H3,(H,20,21)/b4-3+. The van der Waals surface area contributed by atoms with E-state index in [1.807, 2.05) is 0 Å². The largest absolute Gasteiger partial charge is 0.461 e. The maximum Gasteiger partial charge on any atom is 0.317 e. The summed E-state index contributed by atoms with van der Waals surface area (Å²) in [6.07, 6.45) is 7.00. The van der Waals surface area contributed by atoms with Crippen molar-refractivity contribution >= 4 is 29.1 Å². The molecule has 1 amide bonds. The number of aromatic nitrogens is 6. The Labute approximate surface area is 154 Å². The molecule has 10 nitrogen and oxygen atoms in total. The van der Waals surface area contributed by atoms with Crippen molar-refractivity contribution in [3.8, 4) is 6.01 Å². The molecule has 0 unspecified atom stereocenters. The third kappa shape index (κ3) is 3.51. The number of fused-ring (bicyclic) bond motifs is 2. The van der Waals surface area contributed by atoms with Gasteiger partial charge in [-0.15, -0.1) is 0 Å². The van der Waals surface area contributed by atoms with Gasteiger partial charge in [0.05, 0.1) is 19.4 Å². The lowest BCUT2D eigenvalue weighted by atomic mass is 10.2. The summed E-state index contributed by atoms with van der Waals surface area (Å²) >= 11 is 0. The highest BCUT2D eigenvalue weighted by atomic mass is 16.5. The lowest BCUT2D eigenvalue weighted by molar-refractivity contribution is 0.0628. The topological polar surface area (TPSA) is 111 Å². The van der Waals surface area contributed by atoms with Crippen LogP contribution in [0, 0.1) is 0 Å². The number of H-pyrrole nitrogens is 1. The van der Waals surface area contributed by atoms with E-state index in [1.165, 1.54) is 0 Å². The van der Waals surface area contributed by atoms with Crippen LogP contribution in [0.3, 0.4) is 0 Å². The van der Waals surface area contributed by atoms with Gasteiger partial charge in [0.2, 0.25) is 0 Å². The van der Waals surface area contributed by atoms with Gasteiger partial charge in [-0.25, -0.2) is 4.98 Å². The van der Waals surface area contributed by atoms with E-state index < -0.39 is 0 Å². The third-order valence-corrected chi connectivity index (χ3v) is 4.16. The maximum absolute atomic E-state index is 12.7. The van der Waals surface area contributed by atoms with Crippen LogP contribution in [-0.2, 0) is 11.8 Å². The molecule has 0 saturated heterocycles. The smallest absolute Gasteiger partial charge is 0.317 e. The Kier molecular flexibility index (Phi) is 4.55. The second kappa shape index (κ2) is 7.16. The highest BCUT2D eigenvalue weighted by Crippen LogP contribution is 2.19. The first-order chi connectivity index (χ1) is 13.1. The van der Waals surface area contributed by atoms with E-state index in [-0.39, 0.29) is 11.9 Å². The van der Waals surface area contributed by atoms with Crippen molar-refractivity contribution in [2.24, 2.45) is 7.05 Å². The van der Waals surface area contributed by atoms with Gasteiger partial charge in [0.1, 0.15) is 23.3 Å². The van der Waals surface area contributed by atoms with Gasteiger partial charge >= 0.3 is 6.01 Å². The molecule has 3 aromatic heterocycles. The predicted molar refractivity (Wildman–Crippen MR) is 97.1 cm³/mol. The van der Waals surface area contributed by atoms with Crippen LogP contribution in [0.5, 0.6) is 6.01 Å². The molecule has 0 radical (unpaired) electrons. The lowest BCUT2D eigenvalue weighted by Crippen LogP contribution is -2.31. The maximum atomic E-state index is 12.7. The van der Waals surface area contributed by atoms with Crippen LogP contribution in [0.15, 0.2) is 12.4 Å².